The van der Waals surface area contributed by atoms with Crippen LogP contribution in [0.3, 0.4) is 0 Å². The number of rotatable bonds is 0. The minimum absolute atomic E-state index is 0.833. The highest BCUT2D eigenvalue weighted by Crippen LogP contribution is 1.91. The first-order valence-electron chi connectivity index (χ1n) is 8.26. The molecular weight excluding hydrogens is 290 g/mol. The van der Waals surface area contributed by atoms with Crippen molar-refractivity contribution in [2.45, 2.75) is 69.2 Å². The van der Waals surface area contributed by atoms with E-state index in [1.54, 1.807) is 17.5 Å². The van der Waals surface area contributed by atoms with Gasteiger partial charge in [0.1, 0.15) is 6.26 Å². The van der Waals surface area contributed by atoms with E-state index in [0.29, 0.717) is 0 Å². The summed E-state index contributed by atoms with van der Waals surface area (Å²) in [4.78, 5) is 3.56. The zero-order chi connectivity index (χ0) is 18.2. The van der Waals surface area contributed by atoms with Crippen molar-refractivity contribution in [3.63, 3.8) is 0 Å². The van der Waals surface area contributed by atoms with Crippen molar-refractivity contribution < 1.29 is 4.42 Å². The first-order chi connectivity index (χ1) is 10.5. The van der Waals surface area contributed by atoms with Crippen molar-refractivity contribution >= 4 is 11.3 Å². The van der Waals surface area contributed by atoms with Gasteiger partial charge in [0, 0.05) is 0 Å². The SMILES string of the molecule is CC.CC.CC(C)C.CC(C)C.c1ccsc1.c1cocn1. The van der Waals surface area contributed by atoms with Crippen LogP contribution in [0.5, 0.6) is 0 Å². The second-order valence-electron chi connectivity index (χ2n) is 4.93. The van der Waals surface area contributed by atoms with Crippen molar-refractivity contribution in [3.05, 3.63) is 41.7 Å². The van der Waals surface area contributed by atoms with E-state index in [-0.39, 0.29) is 0 Å². The average Bonchev–Trinajstić information content (AvgIpc) is 3.20. The van der Waals surface area contributed by atoms with Crippen LogP contribution >= 0.6 is 11.3 Å². The Kier molecular flexibility index (Phi) is 42.2. The second kappa shape index (κ2) is 32.0. The van der Waals surface area contributed by atoms with Gasteiger partial charge in [0.25, 0.3) is 0 Å². The molecule has 0 aliphatic carbocycles. The Morgan fingerprint density at radius 3 is 1.23 bits per heavy atom. The molecule has 2 nitrogen and oxygen atoms in total. The summed E-state index contributed by atoms with van der Waals surface area (Å²) in [6.45, 7) is 21.0. The summed E-state index contributed by atoms with van der Waals surface area (Å²) in [6.07, 6.45) is 4.47. The largest absolute Gasteiger partial charge is 0.452 e. The number of nitrogens with zero attached hydrogens (tertiary/aromatic N) is 1. The normalized spacial score (nSPS) is 7.45. The zero-order valence-corrected chi connectivity index (χ0v) is 17.3. The van der Waals surface area contributed by atoms with Crippen molar-refractivity contribution in [2.24, 2.45) is 11.8 Å². The van der Waals surface area contributed by atoms with Gasteiger partial charge in [-0.25, -0.2) is 4.98 Å². The molecule has 0 saturated carbocycles. The van der Waals surface area contributed by atoms with Gasteiger partial charge in [0.15, 0.2) is 6.39 Å². The third-order valence-corrected chi connectivity index (χ3v) is 1.40. The van der Waals surface area contributed by atoms with Gasteiger partial charge in [-0.05, 0) is 22.6 Å². The average molecular weight is 330 g/mol. The van der Waals surface area contributed by atoms with E-state index >= 15 is 0 Å². The topological polar surface area (TPSA) is 26.0 Å². The van der Waals surface area contributed by atoms with Crippen LogP contribution in [0.2, 0.25) is 0 Å². The van der Waals surface area contributed by atoms with Gasteiger partial charge in [-0.1, -0.05) is 81.4 Å². The standard InChI is InChI=1S/C4H4S.2C4H10.C3H3NO.2C2H6/c1-2-4-5-3-1;2*1-4(2)3;1-2-5-3-4-1;2*1-2/h1-4H;2*4H,1-3H3;1-3H;2*1-2H3. The predicted molar refractivity (Wildman–Crippen MR) is 105 cm³/mol. The van der Waals surface area contributed by atoms with Crippen molar-refractivity contribution in [1.82, 2.24) is 4.98 Å². The first-order valence-corrected chi connectivity index (χ1v) is 9.20. The summed E-state index contributed by atoms with van der Waals surface area (Å²) in [5, 5.41) is 4.08. The van der Waals surface area contributed by atoms with E-state index in [4.69, 9.17) is 0 Å². The van der Waals surface area contributed by atoms with E-state index in [9.17, 15) is 0 Å². The fourth-order valence-electron chi connectivity index (χ4n) is 0.402. The molecule has 0 bridgehead atoms. The molecule has 0 aliphatic heterocycles. The van der Waals surface area contributed by atoms with Gasteiger partial charge in [-0.2, -0.15) is 11.3 Å². The molecule has 2 heterocycles. The van der Waals surface area contributed by atoms with Crippen LogP contribution in [0, 0.1) is 11.8 Å². The predicted octanol–water partition coefficient (Wildman–Crippen LogP) is 7.80. The molecule has 0 aromatic carbocycles. The van der Waals surface area contributed by atoms with Crippen LogP contribution < -0.4 is 0 Å². The number of hydrogen-bond acceptors (Lipinski definition) is 3. The highest BCUT2D eigenvalue weighted by molar-refractivity contribution is 7.07. The lowest BCUT2D eigenvalue weighted by Crippen LogP contribution is -1.66. The van der Waals surface area contributed by atoms with Gasteiger partial charge in [0.05, 0.1) is 6.20 Å². The monoisotopic (exact) mass is 329 g/mol. The van der Waals surface area contributed by atoms with Gasteiger partial charge in [-0.15, -0.1) is 0 Å². The lowest BCUT2D eigenvalue weighted by molar-refractivity contribution is 0.558. The molecule has 2 aromatic heterocycles. The Bertz CT molecular complexity index is 217. The number of aromatic nitrogens is 1. The van der Waals surface area contributed by atoms with Gasteiger partial charge >= 0.3 is 0 Å². The zero-order valence-electron chi connectivity index (χ0n) is 16.5. The molecule has 3 heteroatoms. The highest BCUT2D eigenvalue weighted by atomic mass is 32.1. The van der Waals surface area contributed by atoms with Gasteiger partial charge in [0.2, 0.25) is 0 Å². The van der Waals surface area contributed by atoms with Gasteiger partial charge < -0.3 is 4.42 Å². The van der Waals surface area contributed by atoms with E-state index in [0.717, 1.165) is 11.8 Å². The Hall–Kier alpha value is -1.09. The third-order valence-electron chi connectivity index (χ3n) is 0.773. The fraction of sp³-hybridized carbons (Fsp3) is 0.632. The molecule has 0 amide bonds. The van der Waals surface area contributed by atoms with E-state index in [2.05, 4.69) is 50.9 Å². The molecule has 0 aliphatic rings. The maximum absolute atomic E-state index is 4.47. The molecule has 22 heavy (non-hydrogen) atoms. The maximum Gasteiger partial charge on any atom is 0.180 e. The summed E-state index contributed by atoms with van der Waals surface area (Å²) in [6, 6.07) is 4.04. The molecule has 0 N–H and O–H groups in total. The summed E-state index contributed by atoms with van der Waals surface area (Å²) in [5.74, 6) is 1.67. The number of thiophene rings is 1. The van der Waals surface area contributed by atoms with Crippen LogP contribution in [-0.2, 0) is 0 Å². The molecule has 2 rings (SSSR count). The Balaban J connectivity index is -0.0000000919. The minimum atomic E-state index is 0.833. The van der Waals surface area contributed by atoms with E-state index < -0.39 is 0 Å². The van der Waals surface area contributed by atoms with Crippen molar-refractivity contribution in [2.75, 3.05) is 0 Å². The third kappa shape index (κ3) is 76.4. The Labute approximate surface area is 144 Å². The highest BCUT2D eigenvalue weighted by Gasteiger charge is 1.68. The molecular formula is C19H39NOS. The molecule has 0 spiro atoms. The van der Waals surface area contributed by atoms with Gasteiger partial charge in [-0.3, -0.25) is 0 Å². The van der Waals surface area contributed by atoms with Crippen LogP contribution in [0.1, 0.15) is 69.2 Å². The maximum atomic E-state index is 4.47. The summed E-state index contributed by atoms with van der Waals surface area (Å²) >= 11 is 1.71. The Morgan fingerprint density at radius 1 is 0.773 bits per heavy atom. The smallest absolute Gasteiger partial charge is 0.180 e. The summed E-state index contributed by atoms with van der Waals surface area (Å²) in [7, 11) is 0. The molecule has 0 atom stereocenters. The minimum Gasteiger partial charge on any atom is -0.452 e. The van der Waals surface area contributed by atoms with Crippen molar-refractivity contribution in [1.29, 1.82) is 0 Å². The second-order valence-corrected chi connectivity index (χ2v) is 5.75. The van der Waals surface area contributed by atoms with Crippen LogP contribution in [0.4, 0.5) is 0 Å². The quantitative estimate of drug-likeness (QED) is 0.492. The Morgan fingerprint density at radius 2 is 1.14 bits per heavy atom. The molecule has 2 aromatic rings. The molecule has 0 unspecified atom stereocenters. The molecule has 0 radical (unpaired) electrons. The summed E-state index contributed by atoms with van der Waals surface area (Å²) < 4.78 is 4.47. The van der Waals surface area contributed by atoms with Crippen LogP contribution in [-0.4, -0.2) is 4.98 Å². The lowest BCUT2D eigenvalue weighted by atomic mass is 10.3. The van der Waals surface area contributed by atoms with Crippen molar-refractivity contribution in [3.8, 4) is 0 Å². The number of hydrogen-bond donors (Lipinski definition) is 0. The molecule has 0 fully saturated rings. The lowest BCUT2D eigenvalue weighted by Gasteiger charge is -1.79. The van der Waals surface area contributed by atoms with Crippen LogP contribution in [0.25, 0.3) is 0 Å². The summed E-state index contributed by atoms with van der Waals surface area (Å²) in [5.41, 5.74) is 0. The van der Waals surface area contributed by atoms with E-state index in [1.165, 1.54) is 12.7 Å². The first kappa shape index (κ1) is 29.0. The molecule has 132 valence electrons. The molecule has 0 saturated heterocycles. The fourth-order valence-corrected chi connectivity index (χ4v) is 0.856. The number of oxazole rings is 1. The van der Waals surface area contributed by atoms with Crippen LogP contribution in [0.15, 0.2) is 46.2 Å². The van der Waals surface area contributed by atoms with E-state index in [1.807, 2.05) is 50.6 Å².